The quantitative estimate of drug-likeness (QED) is 0.298. The van der Waals surface area contributed by atoms with Crippen molar-refractivity contribution >= 4 is 40.5 Å². The number of piperazine rings is 1. The molecule has 1 aromatic heterocycles. The fourth-order valence-electron chi connectivity index (χ4n) is 6.28. The molecule has 6 rings (SSSR count). The predicted molar refractivity (Wildman–Crippen MR) is 170 cm³/mol. The van der Waals surface area contributed by atoms with Crippen molar-refractivity contribution in [3.05, 3.63) is 102 Å². The lowest BCUT2D eigenvalue weighted by molar-refractivity contribution is -0.147. The monoisotopic (exact) mass is 607 g/mol. The van der Waals surface area contributed by atoms with Crippen molar-refractivity contribution in [2.45, 2.75) is 63.9 Å². The van der Waals surface area contributed by atoms with E-state index in [9.17, 15) is 19.2 Å². The lowest BCUT2D eigenvalue weighted by Gasteiger charge is -2.51. The molecule has 0 radical (unpaired) electrons. The molecule has 2 N–H and O–H groups in total. The first kappa shape index (κ1) is 29.9. The molecule has 5 amide bonds. The van der Waals surface area contributed by atoms with Crippen molar-refractivity contribution in [3.8, 4) is 0 Å². The van der Waals surface area contributed by atoms with Crippen LogP contribution in [0, 0.1) is 0 Å². The number of rotatable bonds is 7. The number of imide groups is 1. The van der Waals surface area contributed by atoms with Gasteiger partial charge in [0.25, 0.3) is 0 Å². The van der Waals surface area contributed by atoms with Crippen molar-refractivity contribution < 1.29 is 23.9 Å². The lowest BCUT2D eigenvalue weighted by Crippen LogP contribution is -2.73. The van der Waals surface area contributed by atoms with Crippen molar-refractivity contribution in [2.24, 2.45) is 0 Å². The number of para-hydroxylation sites is 2. The highest BCUT2D eigenvalue weighted by atomic mass is 16.6. The Kier molecular flexibility index (Phi) is 8.05. The Morgan fingerprint density at radius 1 is 0.956 bits per heavy atom. The van der Waals surface area contributed by atoms with Crippen molar-refractivity contribution in [1.29, 1.82) is 0 Å². The molecular formula is C35H37N5O5. The summed E-state index contributed by atoms with van der Waals surface area (Å²) in [6, 6.07) is 23.2. The highest BCUT2D eigenvalue weighted by Gasteiger charge is 2.52. The number of carbonyl (C=O) groups is 4. The van der Waals surface area contributed by atoms with E-state index in [1.54, 1.807) is 49.9 Å². The first-order valence-electron chi connectivity index (χ1n) is 15.2. The number of benzene rings is 3. The fraction of sp³-hybridized carbons (Fsp3) is 0.314. The summed E-state index contributed by atoms with van der Waals surface area (Å²) in [7, 11) is 0. The number of carbonyl (C=O) groups excluding carboxylic acids is 4. The van der Waals surface area contributed by atoms with Crippen LogP contribution in [0.1, 0.15) is 38.3 Å². The number of aromatic amines is 1. The largest absolute Gasteiger partial charge is 0.444 e. The van der Waals surface area contributed by atoms with Crippen molar-refractivity contribution in [1.82, 2.24) is 20.1 Å². The number of hydrogen-bond donors (Lipinski definition) is 2. The van der Waals surface area contributed by atoms with E-state index in [2.05, 4.69) is 10.3 Å². The number of alkyl carbamates (subject to hydrolysis) is 1. The van der Waals surface area contributed by atoms with Gasteiger partial charge in [0, 0.05) is 30.2 Å². The third-order valence-corrected chi connectivity index (χ3v) is 8.24. The van der Waals surface area contributed by atoms with Crippen LogP contribution in [0.15, 0.2) is 91.1 Å². The Bertz CT molecular complexity index is 1710. The summed E-state index contributed by atoms with van der Waals surface area (Å²) in [6.45, 7) is 5.81. The van der Waals surface area contributed by atoms with Gasteiger partial charge in [0.15, 0.2) is 0 Å². The van der Waals surface area contributed by atoms with E-state index < -0.39 is 41.8 Å². The second-order valence-corrected chi connectivity index (χ2v) is 12.6. The zero-order valence-corrected chi connectivity index (χ0v) is 25.6. The first-order valence-corrected chi connectivity index (χ1v) is 15.2. The van der Waals surface area contributed by atoms with E-state index in [4.69, 9.17) is 4.74 Å². The van der Waals surface area contributed by atoms with Crippen LogP contribution in [0.2, 0.25) is 0 Å². The lowest BCUT2D eigenvalue weighted by atomic mass is 9.91. The molecule has 45 heavy (non-hydrogen) atoms. The van der Waals surface area contributed by atoms with Gasteiger partial charge in [-0.2, -0.15) is 0 Å². The SMILES string of the molecule is CC(C)(C)OC(=O)N[C@@H](Cc1c[nH]c2ccccc12)[C@H]1CN(Cc2ccccc2)C(=O)[C@@H]2CC(=O)N(c3ccccc3)C(=O)N12. The Morgan fingerprint density at radius 3 is 2.33 bits per heavy atom. The predicted octanol–water partition coefficient (Wildman–Crippen LogP) is 5.24. The molecule has 2 saturated heterocycles. The van der Waals surface area contributed by atoms with Gasteiger partial charge in [0.2, 0.25) is 11.8 Å². The highest BCUT2D eigenvalue weighted by molar-refractivity contribution is 6.18. The fourth-order valence-corrected chi connectivity index (χ4v) is 6.28. The maximum atomic E-state index is 14.3. The van der Waals surface area contributed by atoms with Crippen molar-refractivity contribution in [2.75, 3.05) is 11.4 Å². The number of ether oxygens (including phenoxy) is 1. The van der Waals surface area contributed by atoms with Gasteiger partial charge >= 0.3 is 12.1 Å². The van der Waals surface area contributed by atoms with E-state index in [0.717, 1.165) is 26.9 Å². The molecule has 2 fully saturated rings. The van der Waals surface area contributed by atoms with Gasteiger partial charge in [0.05, 0.1) is 24.2 Å². The van der Waals surface area contributed by atoms with Crippen LogP contribution in [0.3, 0.4) is 0 Å². The van der Waals surface area contributed by atoms with E-state index in [1.165, 1.54) is 4.90 Å². The van der Waals surface area contributed by atoms with Gasteiger partial charge in [-0.05, 0) is 56.5 Å². The average molecular weight is 608 g/mol. The number of urea groups is 1. The Morgan fingerprint density at radius 2 is 1.62 bits per heavy atom. The highest BCUT2D eigenvalue weighted by Crippen LogP contribution is 2.33. The maximum Gasteiger partial charge on any atom is 0.407 e. The summed E-state index contributed by atoms with van der Waals surface area (Å²) in [5, 5.41) is 4.04. The van der Waals surface area contributed by atoms with Gasteiger partial charge in [-0.3, -0.25) is 9.59 Å². The average Bonchev–Trinajstić information content (AvgIpc) is 3.41. The smallest absolute Gasteiger partial charge is 0.407 e. The molecule has 4 aromatic rings. The van der Waals surface area contributed by atoms with Crippen LogP contribution in [0.5, 0.6) is 0 Å². The van der Waals surface area contributed by atoms with Gasteiger partial charge in [-0.25, -0.2) is 14.5 Å². The molecule has 3 heterocycles. The van der Waals surface area contributed by atoms with Crippen LogP contribution in [0.25, 0.3) is 10.9 Å². The van der Waals surface area contributed by atoms with Crippen LogP contribution in [-0.2, 0) is 27.3 Å². The van der Waals surface area contributed by atoms with Crippen LogP contribution in [-0.4, -0.2) is 69.0 Å². The minimum Gasteiger partial charge on any atom is -0.444 e. The topological polar surface area (TPSA) is 115 Å². The normalized spacial score (nSPS) is 19.4. The minimum absolute atomic E-state index is 0.148. The number of amides is 5. The third kappa shape index (κ3) is 6.26. The number of hydrogen-bond acceptors (Lipinski definition) is 5. The van der Waals surface area contributed by atoms with E-state index in [-0.39, 0.29) is 18.9 Å². The summed E-state index contributed by atoms with van der Waals surface area (Å²) in [5.74, 6) is -0.748. The molecule has 0 bridgehead atoms. The summed E-state index contributed by atoms with van der Waals surface area (Å²) in [5.41, 5.74) is 2.48. The van der Waals surface area contributed by atoms with Crippen LogP contribution < -0.4 is 10.2 Å². The molecule has 0 spiro atoms. The molecule has 0 saturated carbocycles. The number of fused-ring (bicyclic) bond motifs is 2. The van der Waals surface area contributed by atoms with Gasteiger partial charge < -0.3 is 24.8 Å². The molecule has 0 aliphatic carbocycles. The van der Waals surface area contributed by atoms with Crippen LogP contribution in [0.4, 0.5) is 15.3 Å². The molecule has 3 aromatic carbocycles. The number of anilines is 1. The van der Waals surface area contributed by atoms with Gasteiger partial charge in [-0.1, -0.05) is 66.7 Å². The molecule has 10 heteroatoms. The summed E-state index contributed by atoms with van der Waals surface area (Å²) >= 11 is 0. The summed E-state index contributed by atoms with van der Waals surface area (Å²) in [6.07, 6.45) is 1.44. The first-order chi connectivity index (χ1) is 21.6. The summed E-state index contributed by atoms with van der Waals surface area (Å²) < 4.78 is 5.67. The molecule has 0 unspecified atom stereocenters. The Hall–Kier alpha value is -5.12. The van der Waals surface area contributed by atoms with Crippen LogP contribution >= 0.6 is 0 Å². The standard InChI is InChI=1S/C35H37N5O5/c1-35(2,3)45-33(43)37-28(18-24-20-36-27-17-11-10-16-26(24)27)30-22-38(21-23-12-6-4-7-13-23)32(42)29-19-31(41)39(34(44)40(29)30)25-14-8-5-9-15-25/h4-17,20,28-30,36H,18-19,21-22H2,1-3H3,(H,37,43)/t28-,29-,30+/m0/s1. The second kappa shape index (κ2) is 12.1. The molecule has 10 nitrogen and oxygen atoms in total. The van der Waals surface area contributed by atoms with Gasteiger partial charge in [-0.15, -0.1) is 0 Å². The molecule has 232 valence electrons. The zero-order valence-electron chi connectivity index (χ0n) is 25.6. The second-order valence-electron chi connectivity index (χ2n) is 12.6. The van der Waals surface area contributed by atoms with Gasteiger partial charge in [0.1, 0.15) is 11.6 Å². The maximum absolute atomic E-state index is 14.3. The van der Waals surface area contributed by atoms with E-state index in [1.807, 2.05) is 66.9 Å². The third-order valence-electron chi connectivity index (χ3n) is 8.24. The Balaban J connectivity index is 1.42. The minimum atomic E-state index is -1.02. The number of nitrogens with one attached hydrogen (secondary N) is 2. The Labute approximate surface area is 261 Å². The number of H-pyrrole nitrogens is 1. The number of nitrogens with zero attached hydrogens (tertiary/aromatic N) is 3. The van der Waals surface area contributed by atoms with Crippen molar-refractivity contribution in [3.63, 3.8) is 0 Å². The number of aromatic nitrogens is 1. The van der Waals surface area contributed by atoms with E-state index >= 15 is 0 Å². The van der Waals surface area contributed by atoms with E-state index in [0.29, 0.717) is 18.7 Å². The molecule has 2 aliphatic rings. The molecule has 2 aliphatic heterocycles. The molecule has 3 atom stereocenters. The zero-order chi connectivity index (χ0) is 31.7. The summed E-state index contributed by atoms with van der Waals surface area (Å²) in [4.78, 5) is 62.8. The molecular weight excluding hydrogens is 570 g/mol.